The fourth-order valence-corrected chi connectivity index (χ4v) is 10.6. The van der Waals surface area contributed by atoms with E-state index in [0.717, 1.165) is 34.4 Å². The molecule has 310 valence electrons. The minimum atomic E-state index is -5.09. The number of rotatable bonds is 16. The number of amides is 1. The van der Waals surface area contributed by atoms with Crippen LogP contribution in [-0.4, -0.2) is 117 Å². The number of halogens is 2. The van der Waals surface area contributed by atoms with Crippen LogP contribution in [0.1, 0.15) is 35.7 Å². The lowest BCUT2D eigenvalue weighted by Crippen LogP contribution is -2.36. The van der Waals surface area contributed by atoms with Crippen molar-refractivity contribution >= 4 is 49.2 Å². The van der Waals surface area contributed by atoms with Gasteiger partial charge in [0.1, 0.15) is 29.9 Å². The van der Waals surface area contributed by atoms with E-state index in [1.54, 1.807) is 42.5 Å². The first-order chi connectivity index (χ1) is 28.4. The lowest BCUT2D eigenvalue weighted by atomic mass is 10.2. The standard InChI is InChI=1S/C33H33F2N11O11P2/c34-21-25(58(50,51)53-10-4-8-36)20(57-32(21)45-16-42-23-27(38-14-39-28(23)45)44-30(48)18-6-2-1-3-7-18)13-55-59(52,54-11-5-9-37)26-19(12-47)56-33(22(26)35)46-17-43-24-29(46)40-15-41-31(24)49/h1-3,6-7,14-17,19-22,25-26,32-33,47H,4-5,10-13H2,(H,50,51)(H,40,41,49)(H,38,39,44,48)/t19-,20?,21+,22+,25+,26+,32?,33?,59?/m0/s1. The van der Waals surface area contributed by atoms with Crippen molar-refractivity contribution in [2.45, 2.75) is 61.2 Å². The summed E-state index contributed by atoms with van der Waals surface area (Å²) in [6, 6.07) is 11.7. The predicted molar refractivity (Wildman–Crippen MR) is 196 cm³/mol. The fourth-order valence-electron chi connectivity index (χ4n) is 6.77. The zero-order valence-electron chi connectivity index (χ0n) is 30.3. The number of carbonyl (C=O) groups is 1. The molecule has 59 heavy (non-hydrogen) atoms. The molecule has 1 aromatic carbocycles. The molecule has 5 aromatic rings. The number of benzene rings is 1. The minimum Gasteiger partial charge on any atom is -0.394 e. The van der Waals surface area contributed by atoms with Gasteiger partial charge in [-0.25, -0.2) is 33.7 Å². The van der Waals surface area contributed by atoms with Gasteiger partial charge in [0, 0.05) is 5.56 Å². The monoisotopic (exact) mass is 859 g/mol. The van der Waals surface area contributed by atoms with Gasteiger partial charge in [0.2, 0.25) is 0 Å². The number of aromatic nitrogens is 8. The van der Waals surface area contributed by atoms with Crippen LogP contribution in [0.4, 0.5) is 14.6 Å². The summed E-state index contributed by atoms with van der Waals surface area (Å²) in [6.45, 7) is -3.11. The fraction of sp³-hybridized carbons (Fsp3) is 0.424. The van der Waals surface area contributed by atoms with E-state index in [1.807, 2.05) is 0 Å². The van der Waals surface area contributed by atoms with Crippen molar-refractivity contribution in [2.75, 3.05) is 31.7 Å². The first-order valence-electron chi connectivity index (χ1n) is 17.7. The SMILES string of the molecule is N#CCCOP(=O)(O)[C@@H]1C(COP(=O)(OCCC#N)[C@@H]2[C@H](CO)OC(n3cnc4c(=O)[nH]cnc43)[C@@H]2F)OC(n2cnc3c(NC(=O)c4ccccc4)ncnc32)[C@@H]1F. The van der Waals surface area contributed by atoms with Crippen molar-refractivity contribution in [1.82, 2.24) is 39.0 Å². The number of nitrogens with zero attached hydrogens (tertiary/aromatic N) is 9. The minimum absolute atomic E-state index is 0.0121. The van der Waals surface area contributed by atoms with E-state index < -0.39 is 101 Å². The molecular weight excluding hydrogens is 826 g/mol. The average Bonchev–Trinajstić information content (AvgIpc) is 4.01. The number of anilines is 1. The summed E-state index contributed by atoms with van der Waals surface area (Å²) in [6.07, 6.45) is -8.11. The second-order valence-corrected chi connectivity index (χ2v) is 17.2. The number of nitrogens with one attached hydrogen (secondary N) is 2. The lowest BCUT2D eigenvalue weighted by Gasteiger charge is -2.29. The van der Waals surface area contributed by atoms with Crippen molar-refractivity contribution < 1.29 is 55.8 Å². The molecule has 0 saturated carbocycles. The quantitative estimate of drug-likeness (QED) is 0.0819. The Morgan fingerprint density at radius 1 is 0.881 bits per heavy atom. The number of H-pyrrole nitrogens is 1. The maximum atomic E-state index is 16.7. The third-order valence-corrected chi connectivity index (χ3v) is 13.8. The van der Waals surface area contributed by atoms with Crippen LogP contribution in [0.25, 0.3) is 22.3 Å². The summed E-state index contributed by atoms with van der Waals surface area (Å²) >= 11 is 0. The van der Waals surface area contributed by atoms with Gasteiger partial charge in [-0.3, -0.25) is 27.9 Å². The lowest BCUT2D eigenvalue weighted by molar-refractivity contribution is -0.0377. The summed E-state index contributed by atoms with van der Waals surface area (Å²) in [4.78, 5) is 59.0. The number of alkyl halides is 2. The number of aromatic amines is 1. The van der Waals surface area contributed by atoms with Crippen LogP contribution in [0.2, 0.25) is 0 Å². The molecule has 10 atom stereocenters. The van der Waals surface area contributed by atoms with Crippen molar-refractivity contribution in [3.63, 3.8) is 0 Å². The molecule has 2 aliphatic rings. The molecule has 0 bridgehead atoms. The molecule has 2 saturated heterocycles. The van der Waals surface area contributed by atoms with Gasteiger partial charge in [0.05, 0.1) is 70.4 Å². The summed E-state index contributed by atoms with van der Waals surface area (Å²) in [7, 11) is -10.0. The Labute approximate surface area is 330 Å². The van der Waals surface area contributed by atoms with Gasteiger partial charge in [-0.1, -0.05) is 18.2 Å². The van der Waals surface area contributed by atoms with E-state index in [2.05, 4.69) is 35.2 Å². The zero-order chi connectivity index (χ0) is 41.9. The highest BCUT2D eigenvalue weighted by Crippen LogP contribution is 2.62. The number of aliphatic hydroxyl groups excluding tert-OH is 1. The van der Waals surface area contributed by atoms with Crippen LogP contribution in [0.15, 0.2) is 60.4 Å². The third-order valence-electron chi connectivity index (χ3n) is 9.44. The third kappa shape index (κ3) is 8.15. The molecule has 2 aliphatic heterocycles. The number of hydrogen-bond acceptors (Lipinski definition) is 17. The van der Waals surface area contributed by atoms with E-state index in [1.165, 1.54) is 0 Å². The van der Waals surface area contributed by atoms with Crippen molar-refractivity contribution in [3.8, 4) is 12.1 Å². The number of ether oxygens (including phenoxy) is 2. The Morgan fingerprint density at radius 3 is 2.19 bits per heavy atom. The van der Waals surface area contributed by atoms with Crippen LogP contribution in [-0.2, 0) is 32.2 Å². The van der Waals surface area contributed by atoms with Crippen LogP contribution < -0.4 is 10.9 Å². The van der Waals surface area contributed by atoms with E-state index in [9.17, 15) is 34.0 Å². The largest absolute Gasteiger partial charge is 0.394 e. The first-order valence-corrected chi connectivity index (χ1v) is 20.9. The molecule has 0 spiro atoms. The highest BCUT2D eigenvalue weighted by Gasteiger charge is 2.60. The van der Waals surface area contributed by atoms with E-state index in [0.29, 0.717) is 5.56 Å². The summed E-state index contributed by atoms with van der Waals surface area (Å²) in [5, 5.41) is 31.1. The normalized spacial score (nSPS) is 26.3. The predicted octanol–water partition coefficient (Wildman–Crippen LogP) is 2.67. The molecular formula is C33H33F2N11O11P2. The number of carbonyl (C=O) groups excluding carboxylic acids is 1. The molecule has 5 unspecified atom stereocenters. The molecule has 22 nitrogen and oxygen atoms in total. The van der Waals surface area contributed by atoms with Crippen molar-refractivity contribution in [3.05, 3.63) is 71.6 Å². The second kappa shape index (κ2) is 17.5. The Balaban J connectivity index is 1.19. The first kappa shape index (κ1) is 41.8. The van der Waals surface area contributed by atoms with E-state index in [4.69, 9.17) is 28.3 Å². The van der Waals surface area contributed by atoms with Crippen LogP contribution in [0.3, 0.4) is 0 Å². The van der Waals surface area contributed by atoms with Gasteiger partial charge in [0.25, 0.3) is 11.5 Å². The van der Waals surface area contributed by atoms with E-state index in [-0.39, 0.29) is 41.0 Å². The van der Waals surface area contributed by atoms with Gasteiger partial charge in [0.15, 0.2) is 52.9 Å². The summed E-state index contributed by atoms with van der Waals surface area (Å²) in [5.74, 6) is -0.601. The average molecular weight is 860 g/mol. The molecule has 2 fully saturated rings. The van der Waals surface area contributed by atoms with Crippen LogP contribution in [0, 0.1) is 22.7 Å². The maximum absolute atomic E-state index is 16.7. The molecule has 0 radical (unpaired) electrons. The molecule has 6 heterocycles. The van der Waals surface area contributed by atoms with Gasteiger partial charge < -0.3 is 43.3 Å². The van der Waals surface area contributed by atoms with E-state index >= 15 is 8.78 Å². The van der Waals surface area contributed by atoms with Crippen LogP contribution >= 0.6 is 15.2 Å². The highest BCUT2D eigenvalue weighted by atomic mass is 31.2. The van der Waals surface area contributed by atoms with Gasteiger partial charge >= 0.3 is 15.2 Å². The Bertz CT molecular complexity index is 2570. The molecule has 0 aliphatic carbocycles. The number of fused-ring (bicyclic) bond motifs is 2. The Kier molecular flexibility index (Phi) is 12.4. The van der Waals surface area contributed by atoms with Gasteiger partial charge in [-0.15, -0.1) is 0 Å². The number of nitriles is 2. The zero-order valence-corrected chi connectivity index (χ0v) is 32.1. The summed E-state index contributed by atoms with van der Waals surface area (Å²) < 4.78 is 92.0. The van der Waals surface area contributed by atoms with Gasteiger partial charge in [-0.2, -0.15) is 10.5 Å². The molecule has 4 aromatic heterocycles. The maximum Gasteiger partial charge on any atom is 0.339 e. The van der Waals surface area contributed by atoms with Crippen molar-refractivity contribution in [1.29, 1.82) is 10.5 Å². The van der Waals surface area contributed by atoms with Crippen molar-refractivity contribution in [2.24, 2.45) is 0 Å². The Hall–Kier alpha value is -5.39. The number of aliphatic hydroxyl groups is 1. The molecule has 1 amide bonds. The van der Waals surface area contributed by atoms with Gasteiger partial charge in [-0.05, 0) is 12.1 Å². The Morgan fingerprint density at radius 2 is 1.51 bits per heavy atom. The van der Waals surface area contributed by atoms with Crippen LogP contribution in [0.5, 0.6) is 0 Å². The molecule has 7 rings (SSSR count). The highest BCUT2D eigenvalue weighted by molar-refractivity contribution is 7.55. The number of hydrogen-bond donors (Lipinski definition) is 4. The summed E-state index contributed by atoms with van der Waals surface area (Å²) in [5.41, 5.74) is -4.76. The molecule has 4 N–H and O–H groups in total. The smallest absolute Gasteiger partial charge is 0.339 e. The topological polar surface area (TPSA) is 305 Å². The number of imidazole rings is 2. The second-order valence-electron chi connectivity index (χ2n) is 13.0. The molecule has 26 heteroatoms.